The van der Waals surface area contributed by atoms with Crippen LogP contribution in [-0.2, 0) is 12.0 Å². The van der Waals surface area contributed by atoms with Crippen LogP contribution in [-0.4, -0.2) is 26.7 Å². The predicted molar refractivity (Wildman–Crippen MR) is 98.5 cm³/mol. The largest absolute Gasteiger partial charge is 0.494 e. The van der Waals surface area contributed by atoms with Gasteiger partial charge in [0, 0.05) is 25.6 Å². The van der Waals surface area contributed by atoms with Gasteiger partial charge in [0.05, 0.1) is 7.11 Å². The van der Waals surface area contributed by atoms with E-state index in [2.05, 4.69) is 39.9 Å². The Balaban J connectivity index is 1.55. The number of halogens is 1. The molecule has 0 aliphatic heterocycles. The van der Waals surface area contributed by atoms with Gasteiger partial charge in [-0.25, -0.2) is 4.39 Å². The molecule has 1 fully saturated rings. The fraction of sp³-hybridized carbons (Fsp3) is 0.350. The highest BCUT2D eigenvalue weighted by molar-refractivity contribution is 5.79. The molecule has 132 valence electrons. The molecule has 0 saturated heterocycles. The van der Waals surface area contributed by atoms with Gasteiger partial charge in [0.1, 0.15) is 0 Å². The Morgan fingerprint density at radius 1 is 1.16 bits per heavy atom. The zero-order valence-corrected chi connectivity index (χ0v) is 14.7. The monoisotopic (exact) mass is 341 g/mol. The molecule has 0 aromatic heterocycles. The summed E-state index contributed by atoms with van der Waals surface area (Å²) in [6.45, 7) is 1.34. The summed E-state index contributed by atoms with van der Waals surface area (Å²) < 4.78 is 18.7. The SMILES string of the molecule is CN=C(NCc1ccc(OC)c(F)c1)NCC1(c2ccccc2)CC1. The van der Waals surface area contributed by atoms with E-state index in [0.717, 1.165) is 18.1 Å². The highest BCUT2D eigenvalue weighted by atomic mass is 19.1. The minimum Gasteiger partial charge on any atom is -0.494 e. The van der Waals surface area contributed by atoms with Gasteiger partial charge in [0.25, 0.3) is 0 Å². The number of ether oxygens (including phenoxy) is 1. The Bertz CT molecular complexity index is 742. The van der Waals surface area contributed by atoms with Gasteiger partial charge in [-0.05, 0) is 36.1 Å². The Morgan fingerprint density at radius 3 is 2.52 bits per heavy atom. The number of methoxy groups -OCH3 is 1. The molecule has 0 heterocycles. The molecule has 0 bridgehead atoms. The second kappa shape index (κ2) is 7.55. The molecule has 1 aliphatic carbocycles. The molecular formula is C20H24FN3O. The Labute approximate surface area is 148 Å². The van der Waals surface area contributed by atoms with E-state index in [0.29, 0.717) is 6.54 Å². The van der Waals surface area contributed by atoms with Crippen LogP contribution in [0.3, 0.4) is 0 Å². The van der Waals surface area contributed by atoms with E-state index in [-0.39, 0.29) is 17.0 Å². The fourth-order valence-corrected chi connectivity index (χ4v) is 2.99. The van der Waals surface area contributed by atoms with Crippen molar-refractivity contribution in [1.29, 1.82) is 0 Å². The van der Waals surface area contributed by atoms with E-state index in [1.165, 1.54) is 31.6 Å². The Morgan fingerprint density at radius 2 is 1.92 bits per heavy atom. The van der Waals surface area contributed by atoms with Crippen molar-refractivity contribution >= 4 is 5.96 Å². The maximum Gasteiger partial charge on any atom is 0.191 e. The minimum atomic E-state index is -0.356. The van der Waals surface area contributed by atoms with E-state index >= 15 is 0 Å². The van der Waals surface area contributed by atoms with E-state index in [1.807, 2.05) is 12.1 Å². The standard InChI is InChI=1S/C20H24FN3O/c1-22-19(23-13-15-8-9-18(25-2)17(21)12-15)24-14-20(10-11-20)16-6-4-3-5-7-16/h3-9,12H,10-11,13-14H2,1-2H3,(H2,22,23,24). The summed E-state index contributed by atoms with van der Waals surface area (Å²) in [5.74, 6) is 0.619. The molecule has 1 saturated carbocycles. The molecule has 0 amide bonds. The Kier molecular flexibility index (Phi) is 5.22. The van der Waals surface area contributed by atoms with Crippen LogP contribution in [0.15, 0.2) is 53.5 Å². The first-order valence-electron chi connectivity index (χ1n) is 8.49. The summed E-state index contributed by atoms with van der Waals surface area (Å²) in [6.07, 6.45) is 2.37. The summed E-state index contributed by atoms with van der Waals surface area (Å²) in [5.41, 5.74) is 2.42. The van der Waals surface area contributed by atoms with Gasteiger partial charge in [-0.1, -0.05) is 36.4 Å². The van der Waals surface area contributed by atoms with Crippen molar-refractivity contribution in [3.8, 4) is 5.75 Å². The third-order valence-electron chi connectivity index (χ3n) is 4.73. The van der Waals surface area contributed by atoms with Crippen molar-refractivity contribution < 1.29 is 9.13 Å². The van der Waals surface area contributed by atoms with E-state index < -0.39 is 0 Å². The first kappa shape index (κ1) is 17.3. The summed E-state index contributed by atoms with van der Waals surface area (Å²) in [5, 5.41) is 6.63. The van der Waals surface area contributed by atoms with Crippen molar-refractivity contribution in [3.05, 3.63) is 65.5 Å². The summed E-state index contributed by atoms with van der Waals surface area (Å²) >= 11 is 0. The lowest BCUT2D eigenvalue weighted by atomic mass is 9.96. The van der Waals surface area contributed by atoms with E-state index in [1.54, 1.807) is 13.1 Å². The summed E-state index contributed by atoms with van der Waals surface area (Å²) in [4.78, 5) is 4.26. The smallest absolute Gasteiger partial charge is 0.191 e. The Hall–Kier alpha value is -2.56. The third kappa shape index (κ3) is 4.10. The number of nitrogens with one attached hydrogen (secondary N) is 2. The molecule has 3 rings (SSSR count). The highest BCUT2D eigenvalue weighted by Gasteiger charge is 2.43. The van der Waals surface area contributed by atoms with Gasteiger partial charge in [-0.2, -0.15) is 0 Å². The number of hydrogen-bond acceptors (Lipinski definition) is 2. The molecular weight excluding hydrogens is 317 g/mol. The van der Waals surface area contributed by atoms with Gasteiger partial charge >= 0.3 is 0 Å². The maximum absolute atomic E-state index is 13.8. The maximum atomic E-state index is 13.8. The van der Waals surface area contributed by atoms with Crippen LogP contribution < -0.4 is 15.4 Å². The summed E-state index contributed by atoms with van der Waals surface area (Å²) in [6, 6.07) is 15.5. The van der Waals surface area contributed by atoms with Crippen LogP contribution in [0.2, 0.25) is 0 Å². The molecule has 0 unspecified atom stereocenters. The van der Waals surface area contributed by atoms with Crippen LogP contribution in [0.4, 0.5) is 4.39 Å². The van der Waals surface area contributed by atoms with Crippen LogP contribution in [0.25, 0.3) is 0 Å². The zero-order chi connectivity index (χ0) is 17.7. The highest BCUT2D eigenvalue weighted by Crippen LogP contribution is 2.47. The van der Waals surface area contributed by atoms with Crippen LogP contribution in [0, 0.1) is 5.82 Å². The van der Waals surface area contributed by atoms with Crippen LogP contribution in [0.1, 0.15) is 24.0 Å². The predicted octanol–water partition coefficient (Wildman–Crippen LogP) is 3.23. The van der Waals surface area contributed by atoms with Gasteiger partial charge < -0.3 is 15.4 Å². The lowest BCUT2D eigenvalue weighted by Crippen LogP contribution is -2.40. The van der Waals surface area contributed by atoms with Gasteiger partial charge in [-0.15, -0.1) is 0 Å². The van der Waals surface area contributed by atoms with Crippen molar-refractivity contribution in [2.75, 3.05) is 20.7 Å². The average molecular weight is 341 g/mol. The van der Waals surface area contributed by atoms with Crippen molar-refractivity contribution in [3.63, 3.8) is 0 Å². The van der Waals surface area contributed by atoms with Gasteiger partial charge in [0.15, 0.2) is 17.5 Å². The second-order valence-corrected chi connectivity index (χ2v) is 6.39. The zero-order valence-electron chi connectivity index (χ0n) is 14.7. The molecule has 1 aliphatic rings. The number of nitrogens with zero attached hydrogens (tertiary/aromatic N) is 1. The molecule has 2 aromatic rings. The number of rotatable bonds is 6. The molecule has 2 aromatic carbocycles. The van der Waals surface area contributed by atoms with Crippen LogP contribution >= 0.6 is 0 Å². The van der Waals surface area contributed by atoms with Crippen molar-refractivity contribution in [1.82, 2.24) is 10.6 Å². The average Bonchev–Trinajstić information content (AvgIpc) is 3.44. The number of aliphatic imine (C=N–C) groups is 1. The number of guanidine groups is 1. The number of hydrogen-bond donors (Lipinski definition) is 2. The molecule has 4 nitrogen and oxygen atoms in total. The van der Waals surface area contributed by atoms with Crippen molar-refractivity contribution in [2.45, 2.75) is 24.8 Å². The second-order valence-electron chi connectivity index (χ2n) is 6.39. The van der Waals surface area contributed by atoms with Crippen molar-refractivity contribution in [2.24, 2.45) is 4.99 Å². The topological polar surface area (TPSA) is 45.7 Å². The normalized spacial score (nSPS) is 15.6. The third-order valence-corrected chi connectivity index (χ3v) is 4.73. The molecule has 25 heavy (non-hydrogen) atoms. The first-order chi connectivity index (χ1) is 12.2. The van der Waals surface area contributed by atoms with Crippen LogP contribution in [0.5, 0.6) is 5.75 Å². The van der Waals surface area contributed by atoms with E-state index in [4.69, 9.17) is 4.74 Å². The summed E-state index contributed by atoms with van der Waals surface area (Å²) in [7, 11) is 3.20. The molecule has 5 heteroatoms. The molecule has 2 N–H and O–H groups in total. The quantitative estimate of drug-likeness (QED) is 0.626. The molecule has 0 atom stereocenters. The van der Waals surface area contributed by atoms with Gasteiger partial charge in [-0.3, -0.25) is 4.99 Å². The fourth-order valence-electron chi connectivity index (χ4n) is 2.99. The lowest BCUT2D eigenvalue weighted by Gasteiger charge is -2.19. The molecule has 0 spiro atoms. The van der Waals surface area contributed by atoms with Gasteiger partial charge in [0.2, 0.25) is 0 Å². The van der Waals surface area contributed by atoms with E-state index in [9.17, 15) is 4.39 Å². The number of benzene rings is 2. The minimum absolute atomic E-state index is 0.213. The first-order valence-corrected chi connectivity index (χ1v) is 8.49. The lowest BCUT2D eigenvalue weighted by molar-refractivity contribution is 0.386. The molecule has 0 radical (unpaired) electrons.